The summed E-state index contributed by atoms with van der Waals surface area (Å²) in [6.07, 6.45) is 3.06. The van der Waals surface area contributed by atoms with Crippen LogP contribution in [0.1, 0.15) is 33.1 Å². The summed E-state index contributed by atoms with van der Waals surface area (Å²) in [6.45, 7) is 6.41. The Hall–Kier alpha value is -0.170. The van der Waals surface area contributed by atoms with Crippen molar-refractivity contribution in [2.75, 3.05) is 32.1 Å². The SMILES string of the molecule is CC1(C)[C@@H]2CC[C@@]1(CS(=O)(=O)N1CCOCC1)[C@H](N)C2. The molecule has 0 unspecified atom stereocenters. The molecule has 3 aliphatic rings. The van der Waals surface area contributed by atoms with Gasteiger partial charge in [-0.2, -0.15) is 4.31 Å². The van der Waals surface area contributed by atoms with Crippen molar-refractivity contribution in [2.45, 2.75) is 39.2 Å². The molecule has 20 heavy (non-hydrogen) atoms. The van der Waals surface area contributed by atoms with Crippen LogP contribution < -0.4 is 5.73 Å². The van der Waals surface area contributed by atoms with Gasteiger partial charge in [-0.1, -0.05) is 13.8 Å². The molecule has 3 atom stereocenters. The van der Waals surface area contributed by atoms with Crippen molar-refractivity contribution in [3.05, 3.63) is 0 Å². The predicted octanol–water partition coefficient (Wildman–Crippen LogP) is 0.802. The van der Waals surface area contributed by atoms with Gasteiger partial charge in [0.05, 0.1) is 19.0 Å². The summed E-state index contributed by atoms with van der Waals surface area (Å²) in [5.74, 6) is 0.794. The monoisotopic (exact) mass is 302 g/mol. The second kappa shape index (κ2) is 4.66. The maximum Gasteiger partial charge on any atom is 0.214 e. The number of hydrogen-bond acceptors (Lipinski definition) is 4. The van der Waals surface area contributed by atoms with Crippen LogP contribution in [0.15, 0.2) is 0 Å². The van der Waals surface area contributed by atoms with Gasteiger partial charge in [-0.25, -0.2) is 8.42 Å². The van der Waals surface area contributed by atoms with E-state index in [2.05, 4.69) is 13.8 Å². The first kappa shape index (κ1) is 14.8. The zero-order valence-electron chi connectivity index (χ0n) is 12.5. The highest BCUT2D eigenvalue weighted by molar-refractivity contribution is 7.89. The molecule has 2 bridgehead atoms. The topological polar surface area (TPSA) is 72.6 Å². The summed E-state index contributed by atoms with van der Waals surface area (Å²) < 4.78 is 32.4. The van der Waals surface area contributed by atoms with E-state index in [1.165, 1.54) is 0 Å². The van der Waals surface area contributed by atoms with Gasteiger partial charge in [-0.05, 0) is 30.6 Å². The molecule has 1 saturated heterocycles. The highest BCUT2D eigenvalue weighted by atomic mass is 32.2. The first-order chi connectivity index (χ1) is 9.30. The number of fused-ring (bicyclic) bond motifs is 2. The third-order valence-corrected chi connectivity index (χ3v) is 8.33. The molecular formula is C14H26N2O3S. The van der Waals surface area contributed by atoms with Crippen LogP contribution in [-0.4, -0.2) is 50.8 Å². The van der Waals surface area contributed by atoms with Gasteiger partial charge in [0, 0.05) is 24.5 Å². The molecule has 2 saturated carbocycles. The number of sulfonamides is 1. The Morgan fingerprint density at radius 2 is 1.95 bits per heavy atom. The fourth-order valence-electron chi connectivity index (χ4n) is 4.74. The highest BCUT2D eigenvalue weighted by Crippen LogP contribution is 2.65. The van der Waals surface area contributed by atoms with E-state index in [-0.39, 0.29) is 22.6 Å². The van der Waals surface area contributed by atoms with E-state index in [4.69, 9.17) is 10.5 Å². The van der Waals surface area contributed by atoms with Crippen molar-refractivity contribution < 1.29 is 13.2 Å². The molecule has 0 aromatic carbocycles. The molecule has 6 heteroatoms. The maximum absolute atomic E-state index is 12.8. The van der Waals surface area contributed by atoms with E-state index < -0.39 is 10.0 Å². The van der Waals surface area contributed by atoms with E-state index in [1.807, 2.05) is 0 Å². The third kappa shape index (κ3) is 1.95. The fraction of sp³-hybridized carbons (Fsp3) is 1.00. The molecule has 0 amide bonds. The Morgan fingerprint density at radius 3 is 2.45 bits per heavy atom. The number of rotatable bonds is 3. The quantitative estimate of drug-likeness (QED) is 0.837. The van der Waals surface area contributed by atoms with Crippen molar-refractivity contribution in [1.82, 2.24) is 4.31 Å². The van der Waals surface area contributed by atoms with E-state index in [0.717, 1.165) is 19.3 Å². The predicted molar refractivity (Wildman–Crippen MR) is 77.7 cm³/mol. The lowest BCUT2D eigenvalue weighted by atomic mass is 9.69. The molecule has 3 rings (SSSR count). The van der Waals surface area contributed by atoms with Crippen molar-refractivity contribution in [1.29, 1.82) is 0 Å². The van der Waals surface area contributed by atoms with Gasteiger partial charge in [-0.15, -0.1) is 0 Å². The normalized spacial score (nSPS) is 41.1. The van der Waals surface area contributed by atoms with Crippen LogP contribution in [0.5, 0.6) is 0 Å². The summed E-state index contributed by atoms with van der Waals surface area (Å²) in [7, 11) is -3.24. The summed E-state index contributed by atoms with van der Waals surface area (Å²) in [4.78, 5) is 0. The minimum Gasteiger partial charge on any atom is -0.379 e. The molecular weight excluding hydrogens is 276 g/mol. The summed E-state index contributed by atoms with van der Waals surface area (Å²) in [6, 6.07) is 0.0204. The lowest BCUT2D eigenvalue weighted by molar-refractivity contribution is 0.0709. The van der Waals surface area contributed by atoms with Gasteiger partial charge in [0.1, 0.15) is 0 Å². The molecule has 0 spiro atoms. The van der Waals surface area contributed by atoms with Gasteiger partial charge in [0.25, 0.3) is 0 Å². The molecule has 0 aromatic heterocycles. The van der Waals surface area contributed by atoms with Crippen molar-refractivity contribution in [2.24, 2.45) is 22.5 Å². The van der Waals surface area contributed by atoms with Gasteiger partial charge in [-0.3, -0.25) is 0 Å². The second-order valence-corrected chi connectivity index (χ2v) is 9.19. The van der Waals surface area contributed by atoms with Crippen LogP contribution in [-0.2, 0) is 14.8 Å². The molecule has 2 N–H and O–H groups in total. The van der Waals surface area contributed by atoms with E-state index >= 15 is 0 Å². The molecule has 116 valence electrons. The Kier molecular flexibility index (Phi) is 3.44. The smallest absolute Gasteiger partial charge is 0.214 e. The van der Waals surface area contributed by atoms with Crippen LogP contribution in [0.3, 0.4) is 0 Å². The summed E-state index contributed by atoms with van der Waals surface area (Å²) in [5, 5.41) is 0. The fourth-order valence-corrected chi connectivity index (χ4v) is 7.01. The Balaban J connectivity index is 1.86. The number of nitrogens with zero attached hydrogens (tertiary/aromatic N) is 1. The molecule has 0 radical (unpaired) electrons. The van der Waals surface area contributed by atoms with Crippen molar-refractivity contribution >= 4 is 10.0 Å². The Labute approximate surface area is 121 Å². The molecule has 0 aromatic rings. The Bertz CT molecular complexity index is 485. The zero-order chi connectivity index (χ0) is 14.6. The largest absolute Gasteiger partial charge is 0.379 e. The average molecular weight is 302 g/mol. The summed E-state index contributed by atoms with van der Waals surface area (Å²) >= 11 is 0. The molecule has 1 aliphatic heterocycles. The highest BCUT2D eigenvalue weighted by Gasteiger charge is 2.64. The number of hydrogen-bond donors (Lipinski definition) is 1. The van der Waals surface area contributed by atoms with E-state index in [0.29, 0.717) is 32.2 Å². The molecule has 1 heterocycles. The first-order valence-corrected chi connectivity index (χ1v) is 9.22. The van der Waals surface area contributed by atoms with Gasteiger partial charge >= 0.3 is 0 Å². The number of morpholine rings is 1. The second-order valence-electron chi connectivity index (χ2n) is 7.22. The van der Waals surface area contributed by atoms with Gasteiger partial charge in [0.2, 0.25) is 10.0 Å². The standard InChI is InChI=1S/C14H26N2O3S/c1-13(2)11-3-4-14(13,12(15)9-11)10-20(17,18)16-5-7-19-8-6-16/h11-12H,3-10,15H2,1-2H3/t11-,12-,14-/m1/s1. The van der Waals surface area contributed by atoms with Crippen LogP contribution in [0, 0.1) is 16.7 Å². The average Bonchev–Trinajstić information content (AvgIpc) is 2.73. The zero-order valence-corrected chi connectivity index (χ0v) is 13.3. The van der Waals surface area contributed by atoms with Gasteiger partial charge < -0.3 is 10.5 Å². The summed E-state index contributed by atoms with van der Waals surface area (Å²) in [5.41, 5.74) is 6.15. The van der Waals surface area contributed by atoms with Gasteiger partial charge in [0.15, 0.2) is 0 Å². The molecule has 2 aliphatic carbocycles. The first-order valence-electron chi connectivity index (χ1n) is 7.61. The van der Waals surface area contributed by atoms with Crippen molar-refractivity contribution in [3.8, 4) is 0 Å². The van der Waals surface area contributed by atoms with Crippen LogP contribution >= 0.6 is 0 Å². The van der Waals surface area contributed by atoms with Crippen LogP contribution in [0.4, 0.5) is 0 Å². The van der Waals surface area contributed by atoms with Crippen molar-refractivity contribution in [3.63, 3.8) is 0 Å². The number of ether oxygens (including phenoxy) is 1. The molecule has 3 fully saturated rings. The lowest BCUT2D eigenvalue weighted by Gasteiger charge is -2.42. The van der Waals surface area contributed by atoms with Crippen LogP contribution in [0.25, 0.3) is 0 Å². The third-order valence-electron chi connectivity index (χ3n) is 6.29. The van der Waals surface area contributed by atoms with E-state index in [1.54, 1.807) is 4.31 Å². The number of nitrogens with two attached hydrogens (primary N) is 1. The van der Waals surface area contributed by atoms with E-state index in [9.17, 15) is 8.42 Å². The minimum absolute atomic E-state index is 0.0204. The van der Waals surface area contributed by atoms with Crippen LogP contribution in [0.2, 0.25) is 0 Å². The lowest BCUT2D eigenvalue weighted by Crippen LogP contribution is -2.52. The Morgan fingerprint density at radius 1 is 1.30 bits per heavy atom. The minimum atomic E-state index is -3.24. The molecule has 5 nitrogen and oxygen atoms in total. The maximum atomic E-state index is 12.8.